The highest BCUT2D eigenvalue weighted by Crippen LogP contribution is 2.19. The van der Waals surface area contributed by atoms with Gasteiger partial charge in [0.1, 0.15) is 5.69 Å². The predicted octanol–water partition coefficient (Wildman–Crippen LogP) is 1.07. The molecule has 0 aliphatic heterocycles. The van der Waals surface area contributed by atoms with Gasteiger partial charge in [-0.05, 0) is 26.0 Å². The van der Waals surface area contributed by atoms with Crippen LogP contribution in [-0.4, -0.2) is 35.7 Å². The molecule has 114 valence electrons. The molecule has 0 fully saturated rings. The minimum Gasteiger partial charge on any atom is -0.401 e. The number of carbonyl (C=O) groups excluding carboxylic acids is 1. The topological polar surface area (TPSA) is 104 Å². The van der Waals surface area contributed by atoms with E-state index >= 15 is 0 Å². The Labute approximate surface area is 125 Å². The molecule has 0 radical (unpaired) electrons. The summed E-state index contributed by atoms with van der Waals surface area (Å²) in [6.07, 6.45) is 0. The second-order valence-electron chi connectivity index (χ2n) is 4.96. The van der Waals surface area contributed by atoms with Crippen molar-refractivity contribution in [3.05, 3.63) is 29.2 Å². The van der Waals surface area contributed by atoms with Crippen LogP contribution in [0.5, 0.6) is 0 Å². The fourth-order valence-electron chi connectivity index (χ4n) is 1.88. The first kappa shape index (κ1) is 14.0. The maximum absolute atomic E-state index is 12.0. The highest BCUT2D eigenvalue weighted by atomic mass is 16.4. The summed E-state index contributed by atoms with van der Waals surface area (Å²) in [6, 6.07) is 3.50. The van der Waals surface area contributed by atoms with Crippen LogP contribution >= 0.6 is 0 Å². The van der Waals surface area contributed by atoms with Gasteiger partial charge >= 0.3 is 6.01 Å². The van der Waals surface area contributed by atoms with Gasteiger partial charge in [0.05, 0.1) is 0 Å². The predicted molar refractivity (Wildman–Crippen MR) is 77.1 cm³/mol. The molecule has 1 N–H and O–H groups in total. The number of aromatic nitrogens is 6. The maximum atomic E-state index is 12.0. The van der Waals surface area contributed by atoms with Crippen molar-refractivity contribution >= 4 is 11.9 Å². The smallest absolute Gasteiger partial charge is 0.322 e. The van der Waals surface area contributed by atoms with Crippen molar-refractivity contribution < 1.29 is 9.21 Å². The van der Waals surface area contributed by atoms with E-state index in [-0.39, 0.29) is 17.6 Å². The second-order valence-corrected chi connectivity index (χ2v) is 4.96. The molecular weight excluding hydrogens is 286 g/mol. The summed E-state index contributed by atoms with van der Waals surface area (Å²) >= 11 is 0. The van der Waals surface area contributed by atoms with Gasteiger partial charge in [-0.25, -0.2) is 0 Å². The molecule has 22 heavy (non-hydrogen) atoms. The molecule has 9 nitrogen and oxygen atoms in total. The van der Waals surface area contributed by atoms with Crippen molar-refractivity contribution in [2.45, 2.75) is 13.8 Å². The zero-order valence-corrected chi connectivity index (χ0v) is 12.7. The third-order valence-corrected chi connectivity index (χ3v) is 3.32. The Kier molecular flexibility index (Phi) is 3.24. The number of anilines is 1. The van der Waals surface area contributed by atoms with Crippen LogP contribution in [0, 0.1) is 13.8 Å². The lowest BCUT2D eigenvalue weighted by Crippen LogP contribution is -2.13. The molecule has 0 unspecified atom stereocenters. The third-order valence-electron chi connectivity index (χ3n) is 3.32. The Morgan fingerprint density at radius 3 is 2.36 bits per heavy atom. The summed E-state index contributed by atoms with van der Waals surface area (Å²) in [4.78, 5) is 12.0. The number of aryl methyl sites for hydroxylation is 4. The van der Waals surface area contributed by atoms with E-state index in [1.165, 1.54) is 0 Å². The van der Waals surface area contributed by atoms with E-state index in [0.717, 1.165) is 11.4 Å². The monoisotopic (exact) mass is 301 g/mol. The van der Waals surface area contributed by atoms with Gasteiger partial charge in [0.2, 0.25) is 0 Å². The summed E-state index contributed by atoms with van der Waals surface area (Å²) in [5.74, 6) is -0.160. The molecule has 3 rings (SSSR count). The highest BCUT2D eigenvalue weighted by Gasteiger charge is 2.17. The number of nitrogens with one attached hydrogen (secondary N) is 1. The van der Waals surface area contributed by atoms with Gasteiger partial charge in [-0.3, -0.25) is 19.5 Å². The minimum atomic E-state index is -0.406. The maximum Gasteiger partial charge on any atom is 0.322 e. The molecule has 0 atom stereocenters. The molecule has 0 aliphatic carbocycles. The van der Waals surface area contributed by atoms with Crippen molar-refractivity contribution in [2.24, 2.45) is 14.1 Å². The third kappa shape index (κ3) is 2.48. The molecule has 0 saturated heterocycles. The molecule has 9 heteroatoms. The molecule has 3 aromatic rings. The quantitative estimate of drug-likeness (QED) is 0.776. The Balaban J connectivity index is 1.78. The molecule has 0 spiro atoms. The number of rotatable bonds is 3. The van der Waals surface area contributed by atoms with E-state index in [2.05, 4.69) is 25.7 Å². The molecule has 3 heterocycles. The standard InChI is InChI=1S/C13H15N7O2/c1-7-5-9(17-19(7)3)11(21)14-13-16-15-12(22-13)10-6-8(2)20(4)18-10/h5-6H,1-4H3,(H,14,16,21). The van der Waals surface area contributed by atoms with Crippen LogP contribution in [0.1, 0.15) is 21.9 Å². The summed E-state index contributed by atoms with van der Waals surface area (Å²) in [6.45, 7) is 3.77. The van der Waals surface area contributed by atoms with Gasteiger partial charge < -0.3 is 4.42 Å². The number of amides is 1. The van der Waals surface area contributed by atoms with Gasteiger partial charge in [0.25, 0.3) is 11.8 Å². The first-order valence-electron chi connectivity index (χ1n) is 6.60. The lowest BCUT2D eigenvalue weighted by molar-refractivity contribution is 0.101. The van der Waals surface area contributed by atoms with Crippen LogP contribution in [0.15, 0.2) is 16.5 Å². The van der Waals surface area contributed by atoms with Crippen molar-refractivity contribution in [3.63, 3.8) is 0 Å². The minimum absolute atomic E-state index is 0.00612. The number of hydrogen-bond acceptors (Lipinski definition) is 6. The first-order valence-corrected chi connectivity index (χ1v) is 6.60. The van der Waals surface area contributed by atoms with Crippen LogP contribution in [0.3, 0.4) is 0 Å². The molecule has 1 amide bonds. The largest absolute Gasteiger partial charge is 0.401 e. The molecule has 0 bridgehead atoms. The summed E-state index contributed by atoms with van der Waals surface area (Å²) < 4.78 is 8.72. The van der Waals surface area contributed by atoms with E-state index in [0.29, 0.717) is 5.69 Å². The van der Waals surface area contributed by atoms with Crippen LogP contribution in [0.2, 0.25) is 0 Å². The second kappa shape index (κ2) is 5.10. The van der Waals surface area contributed by atoms with E-state index < -0.39 is 5.91 Å². The van der Waals surface area contributed by atoms with Gasteiger partial charge in [-0.2, -0.15) is 10.2 Å². The van der Waals surface area contributed by atoms with Crippen molar-refractivity contribution in [3.8, 4) is 11.6 Å². The number of hydrogen-bond donors (Lipinski definition) is 1. The van der Waals surface area contributed by atoms with Gasteiger partial charge in [-0.15, -0.1) is 5.10 Å². The lowest BCUT2D eigenvalue weighted by Gasteiger charge is -1.95. The van der Waals surface area contributed by atoms with E-state index in [4.69, 9.17) is 4.42 Å². The van der Waals surface area contributed by atoms with Crippen LogP contribution < -0.4 is 5.32 Å². The van der Waals surface area contributed by atoms with E-state index in [1.54, 1.807) is 22.5 Å². The van der Waals surface area contributed by atoms with Crippen LogP contribution in [-0.2, 0) is 14.1 Å². The SMILES string of the molecule is Cc1cc(C(=O)Nc2nnc(-c3cc(C)n(C)n3)o2)nn1C. The molecular formula is C13H15N7O2. The number of nitrogens with zero attached hydrogens (tertiary/aromatic N) is 6. The zero-order chi connectivity index (χ0) is 15.9. The van der Waals surface area contributed by atoms with E-state index in [1.807, 2.05) is 27.0 Å². The summed E-state index contributed by atoms with van der Waals surface area (Å²) in [5, 5.41) is 18.5. The zero-order valence-electron chi connectivity index (χ0n) is 12.7. The van der Waals surface area contributed by atoms with E-state index in [9.17, 15) is 4.79 Å². The average Bonchev–Trinajstić information content (AvgIpc) is 3.13. The average molecular weight is 301 g/mol. The Bertz CT molecular complexity index is 804. The normalized spacial score (nSPS) is 10.9. The fraction of sp³-hybridized carbons (Fsp3) is 0.308. The van der Waals surface area contributed by atoms with Crippen molar-refractivity contribution in [1.82, 2.24) is 29.8 Å². The van der Waals surface area contributed by atoms with Gasteiger partial charge in [0.15, 0.2) is 5.69 Å². The fourth-order valence-corrected chi connectivity index (χ4v) is 1.88. The Morgan fingerprint density at radius 1 is 1.09 bits per heavy atom. The first-order chi connectivity index (χ1) is 10.4. The lowest BCUT2D eigenvalue weighted by atomic mass is 10.3. The molecule has 0 aromatic carbocycles. The summed E-state index contributed by atoms with van der Waals surface area (Å²) in [7, 11) is 3.58. The summed E-state index contributed by atoms with van der Waals surface area (Å²) in [5.41, 5.74) is 2.68. The van der Waals surface area contributed by atoms with Crippen molar-refractivity contribution in [2.75, 3.05) is 5.32 Å². The van der Waals surface area contributed by atoms with Crippen molar-refractivity contribution in [1.29, 1.82) is 0 Å². The van der Waals surface area contributed by atoms with Crippen LogP contribution in [0.25, 0.3) is 11.6 Å². The molecule has 0 aliphatic rings. The van der Waals surface area contributed by atoms with Gasteiger partial charge in [-0.1, -0.05) is 5.10 Å². The number of carbonyl (C=O) groups is 1. The highest BCUT2D eigenvalue weighted by molar-refractivity contribution is 6.01. The molecule has 0 saturated carbocycles. The molecule has 3 aromatic heterocycles. The van der Waals surface area contributed by atoms with Gasteiger partial charge in [0, 0.05) is 25.5 Å². The van der Waals surface area contributed by atoms with Crippen LogP contribution in [0.4, 0.5) is 6.01 Å². The Morgan fingerprint density at radius 2 is 1.77 bits per heavy atom. The Hall–Kier alpha value is -2.97.